The number of hydrogen-bond donors (Lipinski definition) is 0. The maximum absolute atomic E-state index is 6.09. The molecule has 1 aliphatic carbocycles. The molecule has 0 saturated carbocycles. The van der Waals surface area contributed by atoms with Gasteiger partial charge in [0.05, 0.1) is 0 Å². The van der Waals surface area contributed by atoms with Crippen LogP contribution in [-0.2, 0) is 10.8 Å². The monoisotopic (exact) mass is 226 g/mol. The van der Waals surface area contributed by atoms with Crippen molar-refractivity contribution < 1.29 is 4.42 Å². The van der Waals surface area contributed by atoms with Crippen molar-refractivity contribution in [3.8, 4) is 0 Å². The topological polar surface area (TPSA) is 13.1 Å². The third-order valence-electron chi connectivity index (χ3n) is 3.74. The van der Waals surface area contributed by atoms with Gasteiger partial charge in [0.25, 0.3) is 0 Å². The summed E-state index contributed by atoms with van der Waals surface area (Å²) in [6.45, 7) is 8.92. The van der Waals surface area contributed by atoms with Gasteiger partial charge in [0.1, 0.15) is 11.3 Å². The molecule has 1 nitrogen and oxygen atoms in total. The van der Waals surface area contributed by atoms with Gasteiger partial charge in [0, 0.05) is 21.8 Å². The van der Waals surface area contributed by atoms with E-state index in [9.17, 15) is 0 Å². The summed E-state index contributed by atoms with van der Waals surface area (Å²) >= 11 is 0. The van der Waals surface area contributed by atoms with Gasteiger partial charge < -0.3 is 4.42 Å². The van der Waals surface area contributed by atoms with Crippen molar-refractivity contribution in [1.29, 1.82) is 0 Å². The number of rotatable bonds is 0. The van der Waals surface area contributed by atoms with E-state index in [-0.39, 0.29) is 10.8 Å². The van der Waals surface area contributed by atoms with E-state index in [1.54, 1.807) is 0 Å². The van der Waals surface area contributed by atoms with Gasteiger partial charge in [-0.2, -0.15) is 0 Å². The van der Waals surface area contributed by atoms with E-state index >= 15 is 0 Å². The van der Waals surface area contributed by atoms with Gasteiger partial charge in [-0.25, -0.2) is 0 Å². The molecule has 0 fully saturated rings. The normalized spacial score (nSPS) is 20.5. The summed E-state index contributed by atoms with van der Waals surface area (Å²) in [5.41, 5.74) is 2.39. The van der Waals surface area contributed by atoms with Crippen molar-refractivity contribution in [1.82, 2.24) is 0 Å². The number of benzene rings is 1. The van der Waals surface area contributed by atoms with E-state index in [0.717, 1.165) is 11.3 Å². The third kappa shape index (κ3) is 1.38. The lowest BCUT2D eigenvalue weighted by Crippen LogP contribution is -2.27. The summed E-state index contributed by atoms with van der Waals surface area (Å²) in [7, 11) is 0. The van der Waals surface area contributed by atoms with Crippen molar-refractivity contribution in [3.63, 3.8) is 0 Å². The molecule has 0 radical (unpaired) electrons. The first-order valence-corrected chi connectivity index (χ1v) is 6.15. The Morgan fingerprint density at radius 2 is 1.53 bits per heavy atom. The second-order valence-electron chi connectivity index (χ2n) is 6.08. The van der Waals surface area contributed by atoms with E-state index in [1.807, 2.05) is 6.07 Å². The van der Waals surface area contributed by atoms with Gasteiger partial charge >= 0.3 is 0 Å². The quantitative estimate of drug-likeness (QED) is 0.600. The molecule has 2 aromatic rings. The predicted octanol–water partition coefficient (Wildman–Crippen LogP) is 4.56. The number of fused-ring (bicyclic) bond motifs is 3. The highest BCUT2D eigenvalue weighted by atomic mass is 16.3. The standard InChI is InChI=1S/C16H18O/c1-15(2)9-10-16(3,4)14-13(15)11-7-5-6-8-12(11)17-14/h5-10H,1-4H3. The molecule has 1 aliphatic rings. The van der Waals surface area contributed by atoms with Gasteiger partial charge in [-0.05, 0) is 19.9 Å². The minimum Gasteiger partial charge on any atom is -0.460 e. The summed E-state index contributed by atoms with van der Waals surface area (Å²) in [4.78, 5) is 0. The van der Waals surface area contributed by atoms with Crippen LogP contribution in [0.5, 0.6) is 0 Å². The molecule has 1 heteroatoms. The van der Waals surface area contributed by atoms with E-state index in [4.69, 9.17) is 4.42 Å². The second kappa shape index (κ2) is 3.04. The second-order valence-corrected chi connectivity index (χ2v) is 6.08. The maximum Gasteiger partial charge on any atom is 0.134 e. The Balaban J connectivity index is 2.44. The number of furan rings is 1. The van der Waals surface area contributed by atoms with Crippen molar-refractivity contribution in [2.45, 2.75) is 38.5 Å². The molecule has 0 aliphatic heterocycles. The van der Waals surface area contributed by atoms with Crippen molar-refractivity contribution in [2.75, 3.05) is 0 Å². The number of hydrogen-bond acceptors (Lipinski definition) is 1. The fourth-order valence-electron chi connectivity index (χ4n) is 2.71. The third-order valence-corrected chi connectivity index (χ3v) is 3.74. The molecule has 1 heterocycles. The van der Waals surface area contributed by atoms with Gasteiger partial charge in [-0.1, -0.05) is 44.2 Å². The molecular formula is C16H18O. The summed E-state index contributed by atoms with van der Waals surface area (Å²) in [6, 6.07) is 8.33. The zero-order chi connectivity index (χ0) is 12.3. The Kier molecular flexibility index (Phi) is 1.90. The molecule has 0 atom stereocenters. The molecule has 17 heavy (non-hydrogen) atoms. The molecule has 0 saturated heterocycles. The first-order chi connectivity index (χ1) is 7.92. The van der Waals surface area contributed by atoms with Crippen LogP contribution in [0.25, 0.3) is 11.0 Å². The number of para-hydroxylation sites is 1. The Bertz CT molecular complexity index is 611. The lowest BCUT2D eigenvalue weighted by atomic mass is 9.71. The highest BCUT2D eigenvalue weighted by Gasteiger charge is 2.37. The predicted molar refractivity (Wildman–Crippen MR) is 71.4 cm³/mol. The van der Waals surface area contributed by atoms with Crippen LogP contribution in [0, 0.1) is 0 Å². The molecule has 1 aromatic carbocycles. The average molecular weight is 226 g/mol. The Hall–Kier alpha value is -1.50. The highest BCUT2D eigenvalue weighted by molar-refractivity contribution is 5.85. The molecule has 0 bridgehead atoms. The zero-order valence-electron chi connectivity index (χ0n) is 10.9. The van der Waals surface area contributed by atoms with Crippen LogP contribution >= 0.6 is 0 Å². The van der Waals surface area contributed by atoms with Crippen molar-refractivity contribution >= 4 is 11.0 Å². The van der Waals surface area contributed by atoms with E-state index in [2.05, 4.69) is 58.0 Å². The molecular weight excluding hydrogens is 208 g/mol. The molecule has 0 amide bonds. The Morgan fingerprint density at radius 1 is 0.882 bits per heavy atom. The largest absolute Gasteiger partial charge is 0.460 e. The highest BCUT2D eigenvalue weighted by Crippen LogP contribution is 2.46. The minimum absolute atomic E-state index is 0.0100. The fourth-order valence-corrected chi connectivity index (χ4v) is 2.71. The van der Waals surface area contributed by atoms with E-state index < -0.39 is 0 Å². The van der Waals surface area contributed by atoms with Gasteiger partial charge in [-0.3, -0.25) is 0 Å². The Morgan fingerprint density at radius 3 is 2.29 bits per heavy atom. The van der Waals surface area contributed by atoms with Crippen molar-refractivity contribution in [3.05, 3.63) is 47.7 Å². The molecule has 0 spiro atoms. The van der Waals surface area contributed by atoms with Gasteiger partial charge in [0.2, 0.25) is 0 Å². The van der Waals surface area contributed by atoms with Gasteiger partial charge in [0.15, 0.2) is 0 Å². The minimum atomic E-state index is -0.0100. The lowest BCUT2D eigenvalue weighted by Gasteiger charge is -2.32. The molecule has 0 unspecified atom stereocenters. The molecule has 88 valence electrons. The molecule has 0 N–H and O–H groups in total. The zero-order valence-corrected chi connectivity index (χ0v) is 10.9. The van der Waals surface area contributed by atoms with Crippen LogP contribution in [0.4, 0.5) is 0 Å². The summed E-state index contributed by atoms with van der Waals surface area (Å²) < 4.78 is 6.09. The van der Waals surface area contributed by atoms with Crippen LogP contribution < -0.4 is 0 Å². The first kappa shape index (κ1) is 10.6. The van der Waals surface area contributed by atoms with E-state index in [0.29, 0.717) is 0 Å². The summed E-state index contributed by atoms with van der Waals surface area (Å²) in [5, 5.41) is 1.25. The first-order valence-electron chi connectivity index (χ1n) is 6.15. The molecule has 3 rings (SSSR count). The average Bonchev–Trinajstić information content (AvgIpc) is 2.66. The fraction of sp³-hybridized carbons (Fsp3) is 0.375. The van der Waals surface area contributed by atoms with Crippen LogP contribution in [0.2, 0.25) is 0 Å². The SMILES string of the molecule is CC1(C)C=CC(C)(C)c2c1oc1ccccc21. The van der Waals surface area contributed by atoms with Crippen LogP contribution in [0.15, 0.2) is 40.8 Å². The Labute approximate surface area is 102 Å². The number of allylic oxidation sites excluding steroid dienone is 2. The van der Waals surface area contributed by atoms with E-state index in [1.165, 1.54) is 10.9 Å². The summed E-state index contributed by atoms with van der Waals surface area (Å²) in [5.74, 6) is 1.12. The maximum atomic E-state index is 6.09. The smallest absolute Gasteiger partial charge is 0.134 e. The van der Waals surface area contributed by atoms with Crippen LogP contribution in [-0.4, -0.2) is 0 Å². The lowest BCUT2D eigenvalue weighted by molar-refractivity contribution is 0.430. The van der Waals surface area contributed by atoms with Crippen LogP contribution in [0.1, 0.15) is 39.0 Å². The van der Waals surface area contributed by atoms with Gasteiger partial charge in [-0.15, -0.1) is 0 Å². The van der Waals surface area contributed by atoms with Crippen LogP contribution in [0.3, 0.4) is 0 Å². The van der Waals surface area contributed by atoms with Crippen molar-refractivity contribution in [2.24, 2.45) is 0 Å². The molecule has 1 aromatic heterocycles. The summed E-state index contributed by atoms with van der Waals surface area (Å²) in [6.07, 6.45) is 4.56.